The molecule has 1 aromatic heterocycles. The molecule has 0 bridgehead atoms. The lowest BCUT2D eigenvalue weighted by Gasteiger charge is -2.15. The van der Waals surface area contributed by atoms with E-state index < -0.39 is 6.10 Å². The summed E-state index contributed by atoms with van der Waals surface area (Å²) in [6, 6.07) is 23.6. The highest BCUT2D eigenvalue weighted by molar-refractivity contribution is 6.30. The number of carbonyl (C=O) groups excluding carboxylic acids is 1. The predicted octanol–water partition coefficient (Wildman–Crippen LogP) is 5.46. The number of aromatic nitrogens is 2. The van der Waals surface area contributed by atoms with Crippen LogP contribution in [0.4, 0.5) is 5.69 Å². The number of anilines is 1. The quantitative estimate of drug-likeness (QED) is 0.448. The molecule has 6 nitrogen and oxygen atoms in total. The Morgan fingerprint density at radius 2 is 1.60 bits per heavy atom. The molecule has 0 aliphatic rings. The monoisotopic (exact) mass is 419 g/mol. The lowest BCUT2D eigenvalue weighted by molar-refractivity contribution is -0.122. The number of ether oxygens (including phenoxy) is 1. The summed E-state index contributed by atoms with van der Waals surface area (Å²) in [7, 11) is 0. The Labute approximate surface area is 178 Å². The summed E-state index contributed by atoms with van der Waals surface area (Å²) >= 11 is 5.94. The van der Waals surface area contributed by atoms with Gasteiger partial charge in [0.25, 0.3) is 5.91 Å². The molecule has 0 spiro atoms. The molecule has 0 saturated carbocycles. The maximum Gasteiger partial charge on any atom is 0.265 e. The molecule has 0 fully saturated rings. The summed E-state index contributed by atoms with van der Waals surface area (Å²) in [5.41, 5.74) is 2.24. The largest absolute Gasteiger partial charge is 0.481 e. The first-order chi connectivity index (χ1) is 14.6. The highest BCUT2D eigenvalue weighted by Crippen LogP contribution is 2.25. The standard InChI is InChI=1S/C23H18ClN3O3/c1-15(29-20-9-5-8-18(24)14-20)21(28)25-19-12-10-17(11-13-19)23-27-26-22(30-23)16-6-3-2-4-7-16/h2-15H,1H3,(H,25,28). The third kappa shape index (κ3) is 4.67. The lowest BCUT2D eigenvalue weighted by atomic mass is 10.2. The Balaban J connectivity index is 1.40. The van der Waals surface area contributed by atoms with Crippen LogP contribution in [0.1, 0.15) is 6.92 Å². The molecule has 4 aromatic rings. The fraction of sp³-hybridized carbons (Fsp3) is 0.0870. The van der Waals surface area contributed by atoms with E-state index in [4.69, 9.17) is 20.8 Å². The number of halogens is 1. The first kappa shape index (κ1) is 19.7. The average molecular weight is 420 g/mol. The van der Waals surface area contributed by atoms with Crippen LogP contribution in [0.15, 0.2) is 83.3 Å². The molecule has 30 heavy (non-hydrogen) atoms. The van der Waals surface area contributed by atoms with Gasteiger partial charge in [0.15, 0.2) is 6.10 Å². The van der Waals surface area contributed by atoms with E-state index in [9.17, 15) is 4.79 Å². The van der Waals surface area contributed by atoms with Crippen LogP contribution in [-0.4, -0.2) is 22.2 Å². The Morgan fingerprint density at radius 1 is 0.933 bits per heavy atom. The lowest BCUT2D eigenvalue weighted by Crippen LogP contribution is -2.30. The molecular weight excluding hydrogens is 402 g/mol. The van der Waals surface area contributed by atoms with Crippen LogP contribution < -0.4 is 10.1 Å². The maximum absolute atomic E-state index is 12.4. The number of nitrogens with one attached hydrogen (secondary N) is 1. The van der Waals surface area contributed by atoms with Gasteiger partial charge < -0.3 is 14.5 Å². The van der Waals surface area contributed by atoms with E-state index in [1.54, 1.807) is 55.5 Å². The van der Waals surface area contributed by atoms with E-state index in [-0.39, 0.29) is 5.91 Å². The third-order valence-corrected chi connectivity index (χ3v) is 4.56. The number of hydrogen-bond donors (Lipinski definition) is 1. The molecule has 1 unspecified atom stereocenters. The molecule has 0 aliphatic carbocycles. The van der Waals surface area contributed by atoms with E-state index in [0.29, 0.717) is 28.2 Å². The van der Waals surface area contributed by atoms with Crippen LogP contribution in [0.2, 0.25) is 5.02 Å². The zero-order chi connectivity index (χ0) is 20.9. The Kier molecular flexibility index (Phi) is 5.77. The van der Waals surface area contributed by atoms with E-state index in [1.165, 1.54) is 0 Å². The van der Waals surface area contributed by atoms with Gasteiger partial charge in [0.05, 0.1) is 0 Å². The van der Waals surface area contributed by atoms with Crippen LogP contribution in [0.25, 0.3) is 22.9 Å². The average Bonchev–Trinajstić information content (AvgIpc) is 3.25. The summed E-state index contributed by atoms with van der Waals surface area (Å²) < 4.78 is 11.4. The van der Waals surface area contributed by atoms with Crippen molar-refractivity contribution in [3.63, 3.8) is 0 Å². The topological polar surface area (TPSA) is 77.2 Å². The summed E-state index contributed by atoms with van der Waals surface area (Å²) in [4.78, 5) is 12.4. The third-order valence-electron chi connectivity index (χ3n) is 4.32. The zero-order valence-corrected chi connectivity index (χ0v) is 16.8. The highest BCUT2D eigenvalue weighted by Gasteiger charge is 2.16. The second-order valence-electron chi connectivity index (χ2n) is 6.56. The molecule has 1 heterocycles. The number of amides is 1. The Hall–Kier alpha value is -3.64. The van der Waals surface area contributed by atoms with Crippen molar-refractivity contribution in [1.82, 2.24) is 10.2 Å². The summed E-state index contributed by atoms with van der Waals surface area (Å²) in [6.07, 6.45) is -0.687. The molecule has 3 aromatic carbocycles. The van der Waals surface area contributed by atoms with Crippen LogP contribution in [0.3, 0.4) is 0 Å². The number of hydrogen-bond acceptors (Lipinski definition) is 5. The minimum Gasteiger partial charge on any atom is -0.481 e. The van der Waals surface area contributed by atoms with Crippen molar-refractivity contribution in [1.29, 1.82) is 0 Å². The maximum atomic E-state index is 12.4. The molecule has 0 radical (unpaired) electrons. The normalized spacial score (nSPS) is 11.7. The second-order valence-corrected chi connectivity index (χ2v) is 7.00. The number of carbonyl (C=O) groups is 1. The van der Waals surface area contributed by atoms with Gasteiger partial charge in [-0.1, -0.05) is 35.9 Å². The molecule has 0 aliphatic heterocycles. The van der Waals surface area contributed by atoms with Gasteiger partial charge >= 0.3 is 0 Å². The molecule has 1 N–H and O–H groups in total. The van der Waals surface area contributed by atoms with Crippen molar-refractivity contribution < 1.29 is 13.9 Å². The molecule has 4 rings (SSSR count). The van der Waals surface area contributed by atoms with Gasteiger partial charge in [-0.2, -0.15) is 0 Å². The number of nitrogens with zero attached hydrogens (tertiary/aromatic N) is 2. The molecule has 7 heteroatoms. The van der Waals surface area contributed by atoms with Gasteiger partial charge in [-0.3, -0.25) is 4.79 Å². The first-order valence-electron chi connectivity index (χ1n) is 9.31. The van der Waals surface area contributed by atoms with E-state index in [0.717, 1.165) is 11.1 Å². The van der Waals surface area contributed by atoms with Crippen molar-refractivity contribution in [2.45, 2.75) is 13.0 Å². The van der Waals surface area contributed by atoms with Crippen LogP contribution in [0.5, 0.6) is 5.75 Å². The van der Waals surface area contributed by atoms with E-state index >= 15 is 0 Å². The summed E-state index contributed by atoms with van der Waals surface area (Å²) in [5, 5.41) is 11.6. The van der Waals surface area contributed by atoms with Gasteiger partial charge in [-0.05, 0) is 61.5 Å². The molecule has 150 valence electrons. The van der Waals surface area contributed by atoms with Gasteiger partial charge in [0.2, 0.25) is 11.8 Å². The molecule has 0 saturated heterocycles. The SMILES string of the molecule is CC(Oc1cccc(Cl)c1)C(=O)Nc1ccc(-c2nnc(-c3ccccc3)o2)cc1. The van der Waals surface area contributed by atoms with Gasteiger partial charge in [0, 0.05) is 21.8 Å². The van der Waals surface area contributed by atoms with Crippen LogP contribution in [0, 0.1) is 0 Å². The van der Waals surface area contributed by atoms with Crippen molar-refractivity contribution in [2.24, 2.45) is 0 Å². The van der Waals surface area contributed by atoms with Crippen LogP contribution >= 0.6 is 11.6 Å². The Morgan fingerprint density at radius 3 is 2.27 bits per heavy atom. The molecule has 1 amide bonds. The fourth-order valence-corrected chi connectivity index (χ4v) is 2.96. The first-order valence-corrected chi connectivity index (χ1v) is 9.69. The minimum absolute atomic E-state index is 0.271. The number of benzene rings is 3. The van der Waals surface area contributed by atoms with E-state index in [2.05, 4.69) is 15.5 Å². The van der Waals surface area contributed by atoms with Crippen molar-refractivity contribution in [2.75, 3.05) is 5.32 Å². The number of rotatable bonds is 6. The fourth-order valence-electron chi connectivity index (χ4n) is 2.78. The minimum atomic E-state index is -0.687. The highest BCUT2D eigenvalue weighted by atomic mass is 35.5. The van der Waals surface area contributed by atoms with Crippen LogP contribution in [-0.2, 0) is 4.79 Å². The van der Waals surface area contributed by atoms with Gasteiger partial charge in [-0.25, -0.2) is 0 Å². The molecular formula is C23H18ClN3O3. The Bertz CT molecular complexity index is 1140. The predicted molar refractivity (Wildman–Crippen MR) is 115 cm³/mol. The smallest absolute Gasteiger partial charge is 0.265 e. The van der Waals surface area contributed by atoms with Crippen molar-refractivity contribution in [3.8, 4) is 28.7 Å². The zero-order valence-electron chi connectivity index (χ0n) is 16.1. The van der Waals surface area contributed by atoms with E-state index in [1.807, 2.05) is 30.3 Å². The van der Waals surface area contributed by atoms with Crippen molar-refractivity contribution in [3.05, 3.63) is 83.9 Å². The molecule has 1 atom stereocenters. The summed E-state index contributed by atoms with van der Waals surface area (Å²) in [5.74, 6) is 1.12. The van der Waals surface area contributed by atoms with Crippen molar-refractivity contribution >= 4 is 23.2 Å². The summed E-state index contributed by atoms with van der Waals surface area (Å²) in [6.45, 7) is 1.67. The van der Waals surface area contributed by atoms with Gasteiger partial charge in [0.1, 0.15) is 5.75 Å². The second kappa shape index (κ2) is 8.80. The van der Waals surface area contributed by atoms with Gasteiger partial charge in [-0.15, -0.1) is 10.2 Å².